The SMILES string of the molecule is CCCCN(C)C(C)CNC. The number of hydrogen-bond donors (Lipinski definition) is 1. The molecule has 0 saturated carbocycles. The Balaban J connectivity index is 3.38. The van der Waals surface area contributed by atoms with Gasteiger partial charge in [-0.1, -0.05) is 13.3 Å². The fraction of sp³-hybridized carbons (Fsp3) is 1.00. The summed E-state index contributed by atoms with van der Waals surface area (Å²) >= 11 is 0. The molecule has 0 saturated heterocycles. The Morgan fingerprint density at radius 3 is 2.55 bits per heavy atom. The molecule has 0 aromatic heterocycles. The summed E-state index contributed by atoms with van der Waals surface area (Å²) in [6, 6.07) is 0.659. The summed E-state index contributed by atoms with van der Waals surface area (Å²) in [7, 11) is 4.20. The van der Waals surface area contributed by atoms with E-state index >= 15 is 0 Å². The van der Waals surface area contributed by atoms with Crippen LogP contribution in [0.5, 0.6) is 0 Å². The first-order valence-corrected chi connectivity index (χ1v) is 4.57. The van der Waals surface area contributed by atoms with Crippen LogP contribution in [0.1, 0.15) is 26.7 Å². The first kappa shape index (κ1) is 10.9. The molecule has 0 heterocycles. The quantitative estimate of drug-likeness (QED) is 0.627. The summed E-state index contributed by atoms with van der Waals surface area (Å²) in [5.41, 5.74) is 0. The average molecular weight is 158 g/mol. The molecular weight excluding hydrogens is 136 g/mol. The highest BCUT2D eigenvalue weighted by molar-refractivity contribution is 4.64. The molecule has 0 aliphatic carbocycles. The van der Waals surface area contributed by atoms with Crippen LogP contribution in [0, 0.1) is 0 Å². The van der Waals surface area contributed by atoms with Crippen molar-refractivity contribution in [3.05, 3.63) is 0 Å². The van der Waals surface area contributed by atoms with Crippen molar-refractivity contribution in [2.75, 3.05) is 27.2 Å². The third-order valence-electron chi connectivity index (χ3n) is 2.12. The van der Waals surface area contributed by atoms with Gasteiger partial charge in [0.2, 0.25) is 0 Å². The zero-order chi connectivity index (χ0) is 8.69. The van der Waals surface area contributed by atoms with E-state index in [4.69, 9.17) is 0 Å². The van der Waals surface area contributed by atoms with Gasteiger partial charge in [-0.2, -0.15) is 0 Å². The van der Waals surface area contributed by atoms with Crippen LogP contribution in [0.15, 0.2) is 0 Å². The first-order chi connectivity index (χ1) is 5.22. The Bertz CT molecular complexity index is 83.6. The summed E-state index contributed by atoms with van der Waals surface area (Å²) in [6.07, 6.45) is 2.60. The van der Waals surface area contributed by atoms with E-state index in [0.717, 1.165) is 6.54 Å². The lowest BCUT2D eigenvalue weighted by Gasteiger charge is -2.23. The van der Waals surface area contributed by atoms with Crippen LogP contribution in [0.2, 0.25) is 0 Å². The van der Waals surface area contributed by atoms with E-state index < -0.39 is 0 Å². The average Bonchev–Trinajstić information content (AvgIpc) is 2.00. The molecule has 2 heteroatoms. The van der Waals surface area contributed by atoms with E-state index in [1.807, 2.05) is 7.05 Å². The van der Waals surface area contributed by atoms with Crippen LogP contribution < -0.4 is 5.32 Å². The van der Waals surface area contributed by atoms with Crippen molar-refractivity contribution in [2.24, 2.45) is 0 Å². The van der Waals surface area contributed by atoms with Crippen molar-refractivity contribution >= 4 is 0 Å². The van der Waals surface area contributed by atoms with Crippen molar-refractivity contribution in [3.63, 3.8) is 0 Å². The summed E-state index contributed by atoms with van der Waals surface area (Å²) in [5, 5.41) is 3.18. The van der Waals surface area contributed by atoms with E-state index in [-0.39, 0.29) is 0 Å². The van der Waals surface area contributed by atoms with Crippen molar-refractivity contribution < 1.29 is 0 Å². The molecule has 0 aromatic carbocycles. The maximum Gasteiger partial charge on any atom is 0.0189 e. The number of nitrogens with zero attached hydrogens (tertiary/aromatic N) is 1. The van der Waals surface area contributed by atoms with Gasteiger partial charge in [-0.25, -0.2) is 0 Å². The second-order valence-electron chi connectivity index (χ2n) is 3.24. The maximum atomic E-state index is 3.18. The zero-order valence-corrected chi connectivity index (χ0v) is 8.35. The summed E-state index contributed by atoms with van der Waals surface area (Å²) in [6.45, 7) is 6.79. The molecule has 0 bridgehead atoms. The van der Waals surface area contributed by atoms with Crippen molar-refractivity contribution in [3.8, 4) is 0 Å². The molecule has 68 valence electrons. The van der Waals surface area contributed by atoms with Crippen molar-refractivity contribution in [1.82, 2.24) is 10.2 Å². The molecule has 0 amide bonds. The molecule has 0 aliphatic rings. The number of unbranched alkanes of at least 4 members (excludes halogenated alkanes) is 1. The van der Waals surface area contributed by atoms with Gasteiger partial charge in [-0.15, -0.1) is 0 Å². The topological polar surface area (TPSA) is 15.3 Å². The van der Waals surface area contributed by atoms with Crippen molar-refractivity contribution in [1.29, 1.82) is 0 Å². The molecule has 1 unspecified atom stereocenters. The Morgan fingerprint density at radius 1 is 1.45 bits per heavy atom. The van der Waals surface area contributed by atoms with Gasteiger partial charge in [0.25, 0.3) is 0 Å². The molecule has 11 heavy (non-hydrogen) atoms. The third kappa shape index (κ3) is 5.22. The lowest BCUT2D eigenvalue weighted by molar-refractivity contribution is 0.250. The molecule has 0 fully saturated rings. The lowest BCUT2D eigenvalue weighted by atomic mass is 10.2. The van der Waals surface area contributed by atoms with Gasteiger partial charge >= 0.3 is 0 Å². The third-order valence-corrected chi connectivity index (χ3v) is 2.12. The van der Waals surface area contributed by atoms with Gasteiger partial charge in [0, 0.05) is 12.6 Å². The first-order valence-electron chi connectivity index (χ1n) is 4.57. The Hall–Kier alpha value is -0.0800. The number of hydrogen-bond acceptors (Lipinski definition) is 2. The summed E-state index contributed by atoms with van der Waals surface area (Å²) < 4.78 is 0. The van der Waals surface area contributed by atoms with Crippen LogP contribution in [0.3, 0.4) is 0 Å². The van der Waals surface area contributed by atoms with Crippen LogP contribution >= 0.6 is 0 Å². The fourth-order valence-corrected chi connectivity index (χ4v) is 1.08. The minimum atomic E-state index is 0.659. The Morgan fingerprint density at radius 2 is 2.09 bits per heavy atom. The van der Waals surface area contributed by atoms with Crippen LogP contribution in [0.4, 0.5) is 0 Å². The minimum Gasteiger partial charge on any atom is -0.318 e. The molecule has 0 radical (unpaired) electrons. The highest BCUT2D eigenvalue weighted by atomic mass is 15.1. The van der Waals surface area contributed by atoms with E-state index in [9.17, 15) is 0 Å². The normalized spacial score (nSPS) is 13.9. The number of nitrogens with one attached hydrogen (secondary N) is 1. The maximum absolute atomic E-state index is 3.18. The monoisotopic (exact) mass is 158 g/mol. The van der Waals surface area contributed by atoms with Gasteiger partial charge < -0.3 is 10.2 Å². The van der Waals surface area contributed by atoms with Gasteiger partial charge in [0.05, 0.1) is 0 Å². The molecule has 0 spiro atoms. The molecule has 1 N–H and O–H groups in total. The minimum absolute atomic E-state index is 0.659. The second-order valence-corrected chi connectivity index (χ2v) is 3.24. The predicted octanol–water partition coefficient (Wildman–Crippen LogP) is 1.33. The van der Waals surface area contributed by atoms with Gasteiger partial charge in [-0.3, -0.25) is 0 Å². The fourth-order valence-electron chi connectivity index (χ4n) is 1.08. The Labute approximate surface area is 71.0 Å². The summed E-state index contributed by atoms with van der Waals surface area (Å²) in [4.78, 5) is 2.40. The smallest absolute Gasteiger partial charge is 0.0189 e. The summed E-state index contributed by atoms with van der Waals surface area (Å²) in [5.74, 6) is 0. The van der Waals surface area contributed by atoms with Gasteiger partial charge in [0.15, 0.2) is 0 Å². The van der Waals surface area contributed by atoms with E-state index in [1.165, 1.54) is 19.4 Å². The Kier molecular flexibility index (Phi) is 6.57. The lowest BCUT2D eigenvalue weighted by Crippen LogP contribution is -2.37. The van der Waals surface area contributed by atoms with Crippen LogP contribution in [-0.4, -0.2) is 38.1 Å². The standard InChI is InChI=1S/C9H22N2/c1-5-6-7-11(4)9(2)8-10-3/h9-10H,5-8H2,1-4H3. The molecule has 2 nitrogen and oxygen atoms in total. The molecule has 0 rings (SSSR count). The number of likely N-dealkylation sites (N-methyl/N-ethyl adjacent to an activating group) is 2. The zero-order valence-electron chi connectivity index (χ0n) is 8.35. The molecule has 1 atom stereocenters. The van der Waals surface area contributed by atoms with Crippen LogP contribution in [0.25, 0.3) is 0 Å². The molecular formula is C9H22N2. The van der Waals surface area contributed by atoms with E-state index in [0.29, 0.717) is 6.04 Å². The van der Waals surface area contributed by atoms with Crippen LogP contribution in [-0.2, 0) is 0 Å². The molecule has 0 aromatic rings. The predicted molar refractivity (Wildman–Crippen MR) is 50.9 cm³/mol. The largest absolute Gasteiger partial charge is 0.318 e. The van der Waals surface area contributed by atoms with E-state index in [1.54, 1.807) is 0 Å². The van der Waals surface area contributed by atoms with E-state index in [2.05, 4.69) is 31.1 Å². The van der Waals surface area contributed by atoms with Crippen molar-refractivity contribution in [2.45, 2.75) is 32.7 Å². The second kappa shape index (κ2) is 6.62. The highest BCUT2D eigenvalue weighted by Gasteiger charge is 2.05. The molecule has 0 aliphatic heterocycles. The number of rotatable bonds is 6. The highest BCUT2D eigenvalue weighted by Crippen LogP contribution is 1.97. The van der Waals surface area contributed by atoms with Gasteiger partial charge in [0.1, 0.15) is 0 Å². The van der Waals surface area contributed by atoms with Gasteiger partial charge in [-0.05, 0) is 34.0 Å².